The predicted molar refractivity (Wildman–Crippen MR) is 73.0 cm³/mol. The van der Waals surface area contributed by atoms with Crippen molar-refractivity contribution in [3.63, 3.8) is 0 Å². The lowest BCUT2D eigenvalue weighted by Gasteiger charge is -2.03. The van der Waals surface area contributed by atoms with Crippen molar-refractivity contribution in [1.82, 2.24) is 15.0 Å². The molecule has 2 rings (SSSR count). The molecule has 96 valence electrons. The van der Waals surface area contributed by atoms with Gasteiger partial charge in [-0.1, -0.05) is 11.8 Å². The van der Waals surface area contributed by atoms with Crippen molar-refractivity contribution in [3.8, 4) is 6.07 Å². The van der Waals surface area contributed by atoms with Crippen LogP contribution in [0.25, 0.3) is 0 Å². The fraction of sp³-hybridized carbons (Fsp3) is 0.250. The third-order valence-electron chi connectivity index (χ3n) is 2.22. The fourth-order valence-electron chi connectivity index (χ4n) is 1.35. The Hall–Kier alpha value is -1.78. The average molecular weight is 290 g/mol. The van der Waals surface area contributed by atoms with Gasteiger partial charge in [0.25, 0.3) is 0 Å². The Kier molecular flexibility index (Phi) is 4.60. The van der Waals surface area contributed by atoms with Crippen LogP contribution in [-0.4, -0.2) is 26.5 Å². The van der Waals surface area contributed by atoms with Crippen molar-refractivity contribution in [1.29, 1.82) is 5.26 Å². The lowest BCUT2D eigenvalue weighted by molar-refractivity contribution is -0.116. The number of nitriles is 1. The number of thiazole rings is 1. The normalized spacial score (nSPS) is 11.8. The van der Waals surface area contributed by atoms with Gasteiger partial charge in [0.15, 0.2) is 16.9 Å². The minimum absolute atomic E-state index is 0.168. The van der Waals surface area contributed by atoms with Gasteiger partial charge < -0.3 is 0 Å². The maximum absolute atomic E-state index is 12.0. The summed E-state index contributed by atoms with van der Waals surface area (Å²) in [5.41, 5.74) is 0.826. The van der Waals surface area contributed by atoms with Crippen molar-refractivity contribution in [2.75, 3.05) is 5.75 Å². The predicted octanol–water partition coefficient (Wildman–Crippen LogP) is 2.21. The van der Waals surface area contributed by atoms with Gasteiger partial charge in [0.05, 0.1) is 11.8 Å². The third-order valence-corrected chi connectivity index (χ3v) is 4.15. The van der Waals surface area contributed by atoms with Gasteiger partial charge in [-0.3, -0.25) is 4.79 Å². The van der Waals surface area contributed by atoms with Crippen LogP contribution in [0.5, 0.6) is 0 Å². The summed E-state index contributed by atoms with van der Waals surface area (Å²) in [7, 11) is 0. The zero-order valence-corrected chi connectivity index (χ0v) is 11.7. The maximum atomic E-state index is 12.0. The summed E-state index contributed by atoms with van der Waals surface area (Å²) in [6.45, 7) is 1.84. The smallest absolute Gasteiger partial charge is 0.187 e. The Labute approximate surface area is 118 Å². The van der Waals surface area contributed by atoms with Crippen LogP contribution in [0.1, 0.15) is 16.6 Å². The molecule has 5 nitrogen and oxygen atoms in total. The van der Waals surface area contributed by atoms with Crippen LogP contribution >= 0.6 is 23.1 Å². The maximum Gasteiger partial charge on any atom is 0.187 e. The highest BCUT2D eigenvalue weighted by Crippen LogP contribution is 2.23. The van der Waals surface area contributed by atoms with Gasteiger partial charge in [-0.05, 0) is 13.0 Å². The summed E-state index contributed by atoms with van der Waals surface area (Å²) < 4.78 is 0. The first-order valence-electron chi connectivity index (χ1n) is 5.45. The number of nitrogens with zero attached hydrogens (tertiary/aromatic N) is 4. The highest BCUT2D eigenvalue weighted by molar-refractivity contribution is 7.99. The van der Waals surface area contributed by atoms with E-state index in [9.17, 15) is 4.79 Å². The number of ketones is 1. The molecule has 0 saturated heterocycles. The minimum atomic E-state index is -0.796. The molecule has 2 heterocycles. The molecular weight excluding hydrogens is 280 g/mol. The molecule has 0 aliphatic rings. The van der Waals surface area contributed by atoms with E-state index in [-0.39, 0.29) is 11.5 Å². The molecule has 0 radical (unpaired) electrons. The number of Topliss-reactive ketones (excluding diaryl/α,β-unsaturated/α-hetero) is 1. The van der Waals surface area contributed by atoms with Gasteiger partial charge >= 0.3 is 0 Å². The molecule has 19 heavy (non-hydrogen) atoms. The van der Waals surface area contributed by atoms with E-state index in [0.717, 1.165) is 5.69 Å². The second kappa shape index (κ2) is 6.41. The van der Waals surface area contributed by atoms with Crippen molar-refractivity contribution >= 4 is 28.9 Å². The lowest BCUT2D eigenvalue weighted by atomic mass is 10.1. The SMILES string of the molecule is Cc1csc([C@H](C#N)C(=O)CSc2ncccn2)n1. The number of aromatic nitrogens is 3. The van der Waals surface area contributed by atoms with Crippen LogP contribution in [0.2, 0.25) is 0 Å². The van der Waals surface area contributed by atoms with E-state index in [4.69, 9.17) is 5.26 Å². The summed E-state index contributed by atoms with van der Waals surface area (Å²) in [6.07, 6.45) is 3.23. The summed E-state index contributed by atoms with van der Waals surface area (Å²) in [4.78, 5) is 24.3. The van der Waals surface area contributed by atoms with E-state index in [1.807, 2.05) is 18.4 Å². The van der Waals surface area contributed by atoms with Gasteiger partial charge in [0.2, 0.25) is 0 Å². The van der Waals surface area contributed by atoms with E-state index in [2.05, 4.69) is 15.0 Å². The van der Waals surface area contributed by atoms with Gasteiger partial charge in [-0.25, -0.2) is 15.0 Å². The molecule has 0 unspecified atom stereocenters. The largest absolute Gasteiger partial charge is 0.297 e. The Morgan fingerprint density at radius 2 is 2.26 bits per heavy atom. The zero-order chi connectivity index (χ0) is 13.7. The van der Waals surface area contributed by atoms with E-state index in [1.54, 1.807) is 18.5 Å². The van der Waals surface area contributed by atoms with Crippen LogP contribution < -0.4 is 0 Å². The van der Waals surface area contributed by atoms with Gasteiger partial charge in [0, 0.05) is 23.5 Å². The first-order chi connectivity index (χ1) is 9.20. The first kappa shape index (κ1) is 13.6. The summed E-state index contributed by atoms with van der Waals surface area (Å²) in [6, 6.07) is 3.72. The van der Waals surface area contributed by atoms with Gasteiger partial charge in [0.1, 0.15) is 5.01 Å². The summed E-state index contributed by atoms with van der Waals surface area (Å²) in [5.74, 6) is -0.801. The molecule has 0 N–H and O–H groups in total. The van der Waals surface area contributed by atoms with Crippen molar-refractivity contribution in [2.24, 2.45) is 0 Å². The van der Waals surface area contributed by atoms with Crippen LogP contribution in [0, 0.1) is 18.3 Å². The van der Waals surface area contributed by atoms with Crippen LogP contribution in [0.3, 0.4) is 0 Å². The number of aryl methyl sites for hydroxylation is 1. The quantitative estimate of drug-likeness (QED) is 0.620. The topological polar surface area (TPSA) is 79.5 Å². The molecule has 0 fully saturated rings. The molecule has 0 spiro atoms. The van der Waals surface area contributed by atoms with Crippen molar-refractivity contribution in [3.05, 3.63) is 34.5 Å². The molecule has 0 aliphatic carbocycles. The molecule has 0 aliphatic heterocycles. The zero-order valence-electron chi connectivity index (χ0n) is 10.1. The fourth-order valence-corrected chi connectivity index (χ4v) is 2.92. The summed E-state index contributed by atoms with van der Waals surface area (Å²) in [5, 5.41) is 12.0. The Balaban J connectivity index is 2.00. The van der Waals surface area contributed by atoms with Crippen LogP contribution in [0.15, 0.2) is 29.0 Å². The molecule has 0 bridgehead atoms. The van der Waals surface area contributed by atoms with E-state index >= 15 is 0 Å². The summed E-state index contributed by atoms with van der Waals surface area (Å²) >= 11 is 2.56. The van der Waals surface area contributed by atoms with E-state index in [1.165, 1.54) is 23.1 Å². The minimum Gasteiger partial charge on any atom is -0.297 e. The van der Waals surface area contributed by atoms with E-state index in [0.29, 0.717) is 10.2 Å². The van der Waals surface area contributed by atoms with Crippen LogP contribution in [0.4, 0.5) is 0 Å². The van der Waals surface area contributed by atoms with Crippen molar-refractivity contribution < 1.29 is 4.79 Å². The molecule has 0 saturated carbocycles. The molecule has 0 amide bonds. The Bertz CT molecular complexity index is 606. The number of carbonyl (C=O) groups is 1. The monoisotopic (exact) mass is 290 g/mol. The second-order valence-corrected chi connectivity index (χ2v) is 5.51. The molecule has 2 aromatic heterocycles. The third kappa shape index (κ3) is 3.59. The lowest BCUT2D eigenvalue weighted by Crippen LogP contribution is -2.13. The molecule has 7 heteroatoms. The number of thioether (sulfide) groups is 1. The Morgan fingerprint density at radius 1 is 1.53 bits per heavy atom. The highest BCUT2D eigenvalue weighted by Gasteiger charge is 2.23. The van der Waals surface area contributed by atoms with Crippen LogP contribution in [-0.2, 0) is 4.79 Å². The van der Waals surface area contributed by atoms with E-state index < -0.39 is 5.92 Å². The molecule has 2 aromatic rings. The standard InChI is InChI=1S/C12H10N4OS2/c1-8-6-18-11(16-8)9(5-13)10(17)7-19-12-14-3-2-4-15-12/h2-4,6,9H,7H2,1H3/t9-/m1/s1. The number of rotatable bonds is 5. The first-order valence-corrected chi connectivity index (χ1v) is 7.31. The highest BCUT2D eigenvalue weighted by atomic mass is 32.2. The number of carbonyl (C=O) groups excluding carboxylic acids is 1. The number of hydrogen-bond donors (Lipinski definition) is 0. The Morgan fingerprint density at radius 3 is 2.84 bits per heavy atom. The second-order valence-electron chi connectivity index (χ2n) is 3.68. The van der Waals surface area contributed by atoms with Gasteiger partial charge in [-0.2, -0.15) is 5.26 Å². The average Bonchev–Trinajstić information content (AvgIpc) is 2.85. The molecular formula is C12H10N4OS2. The van der Waals surface area contributed by atoms with Crippen molar-refractivity contribution in [2.45, 2.75) is 18.0 Å². The molecule has 0 aromatic carbocycles. The molecule has 1 atom stereocenters. The number of hydrogen-bond acceptors (Lipinski definition) is 7. The van der Waals surface area contributed by atoms with Gasteiger partial charge in [-0.15, -0.1) is 11.3 Å².